The van der Waals surface area contributed by atoms with Gasteiger partial charge < -0.3 is 10.1 Å². The first kappa shape index (κ1) is 30.6. The van der Waals surface area contributed by atoms with E-state index < -0.39 is 21.0 Å². The Morgan fingerprint density at radius 3 is 2.39 bits per heavy atom. The van der Waals surface area contributed by atoms with Crippen LogP contribution in [-0.4, -0.2) is 44.1 Å². The van der Waals surface area contributed by atoms with E-state index >= 15 is 0 Å². The fourth-order valence-corrected chi connectivity index (χ4v) is 9.34. The van der Waals surface area contributed by atoms with Gasteiger partial charge in [-0.3, -0.25) is 4.79 Å². The Labute approximate surface area is 250 Å². The van der Waals surface area contributed by atoms with Crippen molar-refractivity contribution >= 4 is 27.3 Å². The smallest absolute Gasteiger partial charge is 0.280 e. The van der Waals surface area contributed by atoms with Gasteiger partial charge in [-0.2, -0.15) is 0 Å². The number of ether oxygens (including phenoxy) is 1. The monoisotopic (exact) mass is 601 g/mol. The number of aromatic nitrogens is 1. The summed E-state index contributed by atoms with van der Waals surface area (Å²) in [6.45, 7) is 13.2. The Hall–Kier alpha value is -1.81. The van der Waals surface area contributed by atoms with Gasteiger partial charge in [0.15, 0.2) is 5.01 Å². The highest BCUT2D eigenvalue weighted by Crippen LogP contribution is 2.53. The summed E-state index contributed by atoms with van der Waals surface area (Å²) in [5, 5.41) is 3.78. The summed E-state index contributed by atoms with van der Waals surface area (Å²) in [5.74, 6) is 0.469. The summed E-state index contributed by atoms with van der Waals surface area (Å²) >= 11 is 1.44. The molecule has 1 unspecified atom stereocenters. The van der Waals surface area contributed by atoms with Crippen LogP contribution in [-0.2, 0) is 26.6 Å². The molecule has 1 amide bonds. The number of sulfonamides is 1. The molecule has 2 N–H and O–H groups in total. The molecule has 0 bridgehead atoms. The van der Waals surface area contributed by atoms with Gasteiger partial charge in [-0.15, -0.1) is 11.3 Å². The van der Waals surface area contributed by atoms with Crippen LogP contribution in [0.15, 0.2) is 23.1 Å². The highest BCUT2D eigenvalue weighted by molar-refractivity contribution is 7.89. The SMILES string of the molecule is CC(C)(C)NS(=O)(=O)c1ccc(-c2sc(C(=O)NC3CC34CCOCC4)nc2CC2CCCCC2)cc1C(C)(C)C. The summed E-state index contributed by atoms with van der Waals surface area (Å²) in [7, 11) is -3.73. The van der Waals surface area contributed by atoms with Crippen LogP contribution in [0.4, 0.5) is 0 Å². The number of benzene rings is 1. The van der Waals surface area contributed by atoms with Crippen molar-refractivity contribution in [1.82, 2.24) is 15.0 Å². The summed E-state index contributed by atoms with van der Waals surface area (Å²) in [6, 6.07) is 5.83. The lowest BCUT2D eigenvalue weighted by Crippen LogP contribution is -2.41. The topological polar surface area (TPSA) is 97.4 Å². The number of rotatable bonds is 7. The van der Waals surface area contributed by atoms with Gasteiger partial charge in [0.2, 0.25) is 10.0 Å². The second kappa shape index (κ2) is 11.4. The van der Waals surface area contributed by atoms with Crippen LogP contribution in [0.5, 0.6) is 0 Å². The lowest BCUT2D eigenvalue weighted by Gasteiger charge is -2.27. The largest absolute Gasteiger partial charge is 0.381 e. The van der Waals surface area contributed by atoms with Gasteiger partial charge in [0.05, 0.1) is 15.5 Å². The van der Waals surface area contributed by atoms with Gasteiger partial charge in [0.1, 0.15) is 0 Å². The van der Waals surface area contributed by atoms with Crippen molar-refractivity contribution in [2.45, 2.75) is 121 Å². The van der Waals surface area contributed by atoms with E-state index in [9.17, 15) is 13.2 Å². The lowest BCUT2D eigenvalue weighted by molar-refractivity contribution is 0.0535. The van der Waals surface area contributed by atoms with Crippen molar-refractivity contribution in [2.24, 2.45) is 11.3 Å². The molecule has 5 rings (SSSR count). The van der Waals surface area contributed by atoms with E-state index in [0.717, 1.165) is 60.6 Å². The van der Waals surface area contributed by atoms with Crippen molar-refractivity contribution < 1.29 is 17.9 Å². The Morgan fingerprint density at radius 1 is 1.07 bits per heavy atom. The Morgan fingerprint density at radius 2 is 1.76 bits per heavy atom. The molecule has 1 atom stereocenters. The van der Waals surface area contributed by atoms with E-state index in [-0.39, 0.29) is 17.4 Å². The quantitative estimate of drug-likeness (QED) is 0.372. The van der Waals surface area contributed by atoms with Crippen LogP contribution in [0, 0.1) is 11.3 Å². The third-order valence-electron chi connectivity index (χ3n) is 8.86. The van der Waals surface area contributed by atoms with Crippen LogP contribution in [0.25, 0.3) is 10.4 Å². The zero-order chi connectivity index (χ0) is 29.6. The van der Waals surface area contributed by atoms with E-state index in [2.05, 4.69) is 10.0 Å². The van der Waals surface area contributed by atoms with Gasteiger partial charge in [-0.1, -0.05) is 58.9 Å². The van der Waals surface area contributed by atoms with Crippen LogP contribution in [0.1, 0.15) is 114 Å². The second-order valence-corrected chi connectivity index (χ2v) is 17.2. The first-order valence-electron chi connectivity index (χ1n) is 15.2. The highest BCUT2D eigenvalue weighted by atomic mass is 32.2. The average Bonchev–Trinajstić information content (AvgIpc) is 3.34. The standard InChI is InChI=1S/C32H47N3O4S2/c1-30(2,3)23-19-22(12-13-25(23)41(37,38)35-31(4,5)6)27-24(18-21-10-8-7-9-11-21)33-29(40-27)28(36)34-26-20-32(26)14-16-39-17-15-32/h12-13,19,21,26,35H,7-11,14-18,20H2,1-6H3,(H,34,36). The van der Waals surface area contributed by atoms with Crippen molar-refractivity contribution in [3.05, 3.63) is 34.5 Å². The van der Waals surface area contributed by atoms with Crippen molar-refractivity contribution in [3.8, 4) is 10.4 Å². The molecule has 1 spiro atoms. The fourth-order valence-electron chi connectivity index (χ4n) is 6.53. The summed E-state index contributed by atoms with van der Waals surface area (Å²) in [5.41, 5.74) is 1.85. The number of carbonyl (C=O) groups excluding carboxylic acids is 1. The number of nitrogens with one attached hydrogen (secondary N) is 2. The summed E-state index contributed by atoms with van der Waals surface area (Å²) < 4.78 is 35.2. The molecule has 7 nitrogen and oxygen atoms in total. The second-order valence-electron chi connectivity index (χ2n) is 14.5. The van der Waals surface area contributed by atoms with Crippen LogP contribution in [0.2, 0.25) is 0 Å². The van der Waals surface area contributed by atoms with E-state index in [1.54, 1.807) is 6.07 Å². The van der Waals surface area contributed by atoms with E-state index in [0.29, 0.717) is 15.8 Å². The lowest BCUT2D eigenvalue weighted by atomic mass is 9.84. The molecule has 2 heterocycles. The Kier molecular flexibility index (Phi) is 8.49. The van der Waals surface area contributed by atoms with Crippen LogP contribution >= 0.6 is 11.3 Å². The maximum absolute atomic E-state index is 13.5. The predicted molar refractivity (Wildman–Crippen MR) is 165 cm³/mol. The van der Waals surface area contributed by atoms with Gasteiger partial charge in [0.25, 0.3) is 5.91 Å². The number of thiazole rings is 1. The third-order valence-corrected chi connectivity index (χ3v) is 11.8. The van der Waals surface area contributed by atoms with E-state index in [1.807, 2.05) is 53.7 Å². The first-order valence-corrected chi connectivity index (χ1v) is 17.5. The minimum atomic E-state index is -3.73. The van der Waals surface area contributed by atoms with Crippen molar-refractivity contribution in [2.75, 3.05) is 13.2 Å². The summed E-state index contributed by atoms with van der Waals surface area (Å²) in [4.78, 5) is 19.7. The van der Waals surface area contributed by atoms with Crippen LogP contribution < -0.4 is 10.0 Å². The first-order chi connectivity index (χ1) is 19.2. The maximum atomic E-state index is 13.5. The van der Waals surface area contributed by atoms with Crippen LogP contribution in [0.3, 0.4) is 0 Å². The third kappa shape index (κ3) is 7.06. The van der Waals surface area contributed by atoms with Gasteiger partial charge >= 0.3 is 0 Å². The summed E-state index contributed by atoms with van der Waals surface area (Å²) in [6.07, 6.45) is 10.0. The minimum absolute atomic E-state index is 0.0934. The molecule has 1 aromatic carbocycles. The molecule has 41 heavy (non-hydrogen) atoms. The number of nitrogens with zero attached hydrogens (tertiary/aromatic N) is 1. The zero-order valence-electron chi connectivity index (χ0n) is 25.6. The molecular formula is C32H47N3O4S2. The molecule has 2 saturated carbocycles. The molecule has 1 aromatic heterocycles. The highest BCUT2D eigenvalue weighted by Gasteiger charge is 2.55. The van der Waals surface area contributed by atoms with E-state index in [1.165, 1.54) is 43.4 Å². The number of amides is 1. The zero-order valence-corrected chi connectivity index (χ0v) is 27.2. The average molecular weight is 602 g/mol. The van der Waals surface area contributed by atoms with E-state index in [4.69, 9.17) is 9.72 Å². The minimum Gasteiger partial charge on any atom is -0.381 e. The molecule has 3 fully saturated rings. The number of carbonyl (C=O) groups is 1. The van der Waals surface area contributed by atoms with Gasteiger partial charge in [0, 0.05) is 24.8 Å². The predicted octanol–water partition coefficient (Wildman–Crippen LogP) is 6.61. The fraction of sp³-hybridized carbons (Fsp3) is 0.688. The van der Waals surface area contributed by atoms with Gasteiger partial charge in [-0.05, 0) is 86.5 Å². The van der Waals surface area contributed by atoms with Crippen molar-refractivity contribution in [1.29, 1.82) is 0 Å². The molecule has 1 aliphatic heterocycles. The molecule has 1 saturated heterocycles. The molecule has 226 valence electrons. The molecule has 0 radical (unpaired) electrons. The molecule has 9 heteroatoms. The number of hydrogen-bond acceptors (Lipinski definition) is 6. The van der Waals surface area contributed by atoms with Gasteiger partial charge in [-0.25, -0.2) is 18.1 Å². The maximum Gasteiger partial charge on any atom is 0.280 e. The molecule has 3 aliphatic rings. The molecule has 2 aliphatic carbocycles. The Bertz CT molecular complexity index is 1370. The Balaban J connectivity index is 1.49. The molecular weight excluding hydrogens is 555 g/mol. The van der Waals surface area contributed by atoms with Crippen molar-refractivity contribution in [3.63, 3.8) is 0 Å². The molecule has 2 aromatic rings. The normalized spacial score (nSPS) is 21.7. The number of hydrogen-bond donors (Lipinski definition) is 2.